The number of thiocarbonyl (C=S) groups is 6. The first kappa shape index (κ1) is 57.8. The molecule has 0 aliphatic heterocycles. The summed E-state index contributed by atoms with van der Waals surface area (Å²) < 4.78 is 0. The summed E-state index contributed by atoms with van der Waals surface area (Å²) in [6.45, 7) is 0. The number of carbonyl (C=O) groups is 2. The lowest BCUT2D eigenvalue weighted by molar-refractivity contribution is 0.111. The lowest BCUT2D eigenvalue weighted by Gasteiger charge is -1.99. The Morgan fingerprint density at radius 3 is 0.681 bits per heavy atom. The summed E-state index contributed by atoms with van der Waals surface area (Å²) in [5.41, 5.74) is 38.7. The number of hydrazine groups is 1. The number of aldehydes is 2. The second-order valence-corrected chi connectivity index (χ2v) is 15.8. The van der Waals surface area contributed by atoms with Crippen LogP contribution in [0.15, 0.2) is 162 Å². The van der Waals surface area contributed by atoms with Crippen molar-refractivity contribution < 1.29 is 9.59 Å². The van der Waals surface area contributed by atoms with E-state index < -0.39 is 0 Å². The van der Waals surface area contributed by atoms with E-state index in [0.29, 0.717) is 11.1 Å². The second-order valence-electron chi connectivity index (χ2n) is 13.3. The van der Waals surface area contributed by atoms with E-state index in [9.17, 15) is 9.59 Å². The molecule has 5 rings (SSSR count). The zero-order chi connectivity index (χ0) is 52.4. The van der Waals surface area contributed by atoms with Gasteiger partial charge in [-0.25, -0.2) is 20.8 Å². The van der Waals surface area contributed by atoms with Crippen molar-refractivity contribution in [1.29, 1.82) is 0 Å². The van der Waals surface area contributed by atoms with Crippen LogP contribution in [0.3, 0.4) is 0 Å². The van der Waals surface area contributed by atoms with Gasteiger partial charge in [0, 0.05) is 29.8 Å². The number of nitrogens with one attached hydrogen (secondary N) is 6. The van der Waals surface area contributed by atoms with Gasteiger partial charge in [-0.1, -0.05) is 121 Å². The molecule has 0 radical (unpaired) electrons. The van der Waals surface area contributed by atoms with Crippen molar-refractivity contribution >= 4 is 166 Å². The molecule has 0 heterocycles. The topological polar surface area (TPSA) is 309 Å². The fourth-order valence-corrected chi connectivity index (χ4v) is 5.06. The predicted molar refractivity (Wildman–Crippen MR) is 315 cm³/mol. The predicted octanol–water partition coefficient (Wildman–Crippen LogP) is 4.01. The first-order chi connectivity index (χ1) is 34.7. The van der Waals surface area contributed by atoms with E-state index in [2.05, 4.69) is 85.7 Å². The van der Waals surface area contributed by atoms with Crippen molar-refractivity contribution in [2.24, 2.45) is 63.5 Å². The Morgan fingerprint density at radius 2 is 0.500 bits per heavy atom. The van der Waals surface area contributed by atoms with E-state index in [1.165, 1.54) is 0 Å². The van der Waals surface area contributed by atoms with Gasteiger partial charge in [0.25, 0.3) is 0 Å². The molecule has 5 aromatic carbocycles. The van der Waals surface area contributed by atoms with Crippen LogP contribution in [-0.4, -0.2) is 93.0 Å². The summed E-state index contributed by atoms with van der Waals surface area (Å²) in [4.78, 5) is 32.9. The third kappa shape index (κ3) is 26.3. The number of aliphatic imine (C=N–C) groups is 3. The summed E-state index contributed by atoms with van der Waals surface area (Å²) in [6, 6.07) is 36.4. The lowest BCUT2D eigenvalue weighted by Crippen LogP contribution is -2.34. The number of nitrogens with two attached hydrogens (primary N) is 4. The van der Waals surface area contributed by atoms with Gasteiger partial charge in [-0.05, 0) is 118 Å². The number of carbonyl (C=O) groups excluding carboxylic acids is 2. The highest BCUT2D eigenvalue weighted by Gasteiger charge is 1.97. The quantitative estimate of drug-likeness (QED) is 0.0233. The van der Waals surface area contributed by atoms with Crippen LogP contribution in [-0.2, 0) is 0 Å². The molecule has 366 valence electrons. The molecular weight excluding hydrogens is 1030 g/mol. The van der Waals surface area contributed by atoms with E-state index in [-0.39, 0.29) is 30.7 Å². The molecule has 0 aliphatic carbocycles. The number of benzene rings is 5. The van der Waals surface area contributed by atoms with Crippen LogP contribution in [0.2, 0.25) is 0 Å². The van der Waals surface area contributed by atoms with Crippen LogP contribution >= 0.6 is 73.3 Å². The summed E-state index contributed by atoms with van der Waals surface area (Å²) in [6.07, 6.45) is 14.5. The van der Waals surface area contributed by atoms with Crippen molar-refractivity contribution in [3.8, 4) is 0 Å². The Balaban J connectivity index is 0.000000781. The largest absolute Gasteiger partial charge is 0.375 e. The number of hydrogen-bond donors (Lipinski definition) is 10. The van der Waals surface area contributed by atoms with Gasteiger partial charge >= 0.3 is 0 Å². The first-order valence-corrected chi connectivity index (χ1v) is 22.6. The third-order valence-corrected chi connectivity index (χ3v) is 8.88. The van der Waals surface area contributed by atoms with Crippen LogP contribution in [0.1, 0.15) is 65.2 Å². The standard InChI is InChI=1S/C37H33N15S5.C8H6O2.CH5N3S/c38-33(53)48-43-20-28-7-1-25(2-8-28)17-40-35(55)50-45-22-30-9-3-26(4-10-30)18-41-36(56)51-46-23-31-11-5-27(6-12-31)19-42-37(57)52-47-24-32-15-13-29(14-16-32)21-44-49-34(39)54;9-5-7-1-2-8(6-10)4-3-7;2-1(5)4-3/h1-24H,(H,50,55)(H,51,56)(H,52,57)(H3,38,48,53)(H3,39,49,54);1-6H;3H2,(H3,2,4,5)/b40-17?,41-18?,42-19?,43-20+,44-21+,45-22+,46-23+,47-24+;;. The molecule has 20 nitrogen and oxygen atoms in total. The Bertz CT molecular complexity index is 2840. The number of rotatable bonds is 15. The average molecular weight is 1070 g/mol. The minimum Gasteiger partial charge on any atom is -0.375 e. The van der Waals surface area contributed by atoms with Crippen molar-refractivity contribution in [1.82, 2.24) is 32.6 Å². The van der Waals surface area contributed by atoms with Gasteiger partial charge in [0.05, 0.1) is 31.1 Å². The maximum atomic E-state index is 10.1. The van der Waals surface area contributed by atoms with Gasteiger partial charge in [0.15, 0.2) is 15.3 Å². The minimum absolute atomic E-state index is 0.0961. The maximum absolute atomic E-state index is 10.1. The van der Waals surface area contributed by atoms with Gasteiger partial charge in [0.2, 0.25) is 15.3 Å². The number of hydrogen-bond acceptors (Lipinski definition) is 14. The fraction of sp³-hybridized carbons (Fsp3) is 0. The third-order valence-electron chi connectivity index (χ3n) is 7.99. The number of nitrogens with zero attached hydrogens (tertiary/aromatic N) is 8. The fourth-order valence-electron chi connectivity index (χ4n) is 4.64. The lowest BCUT2D eigenvalue weighted by atomic mass is 10.2. The highest BCUT2D eigenvalue weighted by Crippen LogP contribution is 2.04. The van der Waals surface area contributed by atoms with Crippen LogP contribution in [0.25, 0.3) is 0 Å². The van der Waals surface area contributed by atoms with Gasteiger partial charge in [0.1, 0.15) is 12.6 Å². The Kier molecular flexibility index (Phi) is 27.2. The molecule has 0 fully saturated rings. The molecule has 26 heteroatoms. The van der Waals surface area contributed by atoms with Crippen molar-refractivity contribution in [3.63, 3.8) is 0 Å². The summed E-state index contributed by atoms with van der Waals surface area (Å²) >= 11 is 29.4. The molecule has 0 saturated heterocycles. The Labute approximate surface area is 446 Å². The molecule has 5 aromatic rings. The van der Waals surface area contributed by atoms with Gasteiger partial charge in [-0.15, -0.1) is 0 Å². The molecule has 0 bridgehead atoms. The van der Waals surface area contributed by atoms with Gasteiger partial charge < -0.3 is 22.6 Å². The normalized spacial score (nSPS) is 11.0. The highest BCUT2D eigenvalue weighted by atomic mass is 32.1. The Hall–Kier alpha value is -8.50. The zero-order valence-electron chi connectivity index (χ0n) is 37.5. The van der Waals surface area contributed by atoms with Crippen molar-refractivity contribution in [2.75, 3.05) is 0 Å². The molecule has 72 heavy (non-hydrogen) atoms. The van der Waals surface area contributed by atoms with Crippen molar-refractivity contribution in [3.05, 3.63) is 177 Å². The molecule has 0 amide bonds. The van der Waals surface area contributed by atoms with E-state index in [4.69, 9.17) is 78.3 Å². The maximum Gasteiger partial charge on any atom is 0.213 e. The second kappa shape index (κ2) is 33.9. The summed E-state index contributed by atoms with van der Waals surface area (Å²) in [7, 11) is 0. The van der Waals surface area contributed by atoms with Crippen LogP contribution in [0.5, 0.6) is 0 Å². The number of hydrazone groups is 5. The summed E-state index contributed by atoms with van der Waals surface area (Å²) in [5.74, 6) is 4.66. The molecule has 0 aliphatic rings. The monoisotopic (exact) mass is 1070 g/mol. The molecule has 0 saturated carbocycles. The van der Waals surface area contributed by atoms with E-state index >= 15 is 0 Å². The van der Waals surface area contributed by atoms with Gasteiger partial charge in [-0.3, -0.25) is 36.7 Å². The van der Waals surface area contributed by atoms with E-state index in [1.54, 1.807) is 74.0 Å². The molecule has 0 unspecified atom stereocenters. The van der Waals surface area contributed by atoms with Crippen LogP contribution < -0.4 is 55.6 Å². The van der Waals surface area contributed by atoms with E-state index in [1.807, 2.05) is 102 Å². The van der Waals surface area contributed by atoms with Crippen LogP contribution in [0, 0.1) is 0 Å². The first-order valence-electron chi connectivity index (χ1n) is 20.2. The average Bonchev–Trinajstić information content (AvgIpc) is 3.38. The van der Waals surface area contributed by atoms with Crippen molar-refractivity contribution in [2.45, 2.75) is 0 Å². The molecule has 0 aromatic heterocycles. The zero-order valence-corrected chi connectivity index (χ0v) is 42.4. The van der Waals surface area contributed by atoms with Crippen LogP contribution in [0.4, 0.5) is 0 Å². The molecule has 0 spiro atoms. The molecule has 14 N–H and O–H groups in total. The minimum atomic E-state index is 0.0961. The smallest absolute Gasteiger partial charge is 0.213 e. The molecular formula is C46H44N18O2S6. The Morgan fingerprint density at radius 1 is 0.319 bits per heavy atom. The molecule has 0 atom stereocenters. The van der Waals surface area contributed by atoms with E-state index in [0.717, 1.165) is 57.1 Å². The summed E-state index contributed by atoms with van der Waals surface area (Å²) in [5, 5.41) is 21.2. The highest BCUT2D eigenvalue weighted by molar-refractivity contribution is 7.81. The SMILES string of the molecule is NC(=S)N/N=C/c1ccc(C=NC(=S)N/N=C/c2ccc(C=NC(=S)N/N=C/c3ccc(C=NC(=S)N/N=C/c4ccc(/C=N/NC(N)=S)cc4)cc3)cc2)cc1.NNC(N)=S.O=Cc1ccc(C=O)cc1. The van der Waals surface area contributed by atoms with Gasteiger partial charge in [-0.2, -0.15) is 25.5 Å².